The number of primary amides is 1. The van der Waals surface area contributed by atoms with Gasteiger partial charge in [0.25, 0.3) is 0 Å². The maximum absolute atomic E-state index is 12.1. The molecule has 1 atom stereocenters. The van der Waals surface area contributed by atoms with Crippen molar-refractivity contribution in [3.05, 3.63) is 29.8 Å². The number of carbonyl (C=O) groups excluding carboxylic acids is 2. The largest absolute Gasteiger partial charge is 0.493 e. The Kier molecular flexibility index (Phi) is 5.16. The van der Waals surface area contributed by atoms with E-state index >= 15 is 0 Å². The van der Waals surface area contributed by atoms with Crippen molar-refractivity contribution < 1.29 is 14.3 Å². The van der Waals surface area contributed by atoms with Gasteiger partial charge in [-0.15, -0.1) is 0 Å². The summed E-state index contributed by atoms with van der Waals surface area (Å²) >= 11 is 0. The standard InChI is InChI=1S/C15H21N3O3/c1-11-10-18(7-6-17-11)14(19)5-8-21-13-4-2-3-12(9-13)15(16)20/h2-4,9,11,17H,5-8,10H2,1H3,(H2,16,20)/t11-/m1/s1. The zero-order valence-electron chi connectivity index (χ0n) is 12.2. The van der Waals surface area contributed by atoms with E-state index in [2.05, 4.69) is 12.2 Å². The van der Waals surface area contributed by atoms with Gasteiger partial charge in [0.15, 0.2) is 0 Å². The van der Waals surface area contributed by atoms with E-state index in [-0.39, 0.29) is 5.91 Å². The van der Waals surface area contributed by atoms with Gasteiger partial charge in [0, 0.05) is 31.2 Å². The fraction of sp³-hybridized carbons (Fsp3) is 0.467. The summed E-state index contributed by atoms with van der Waals surface area (Å²) in [5.41, 5.74) is 5.61. The molecule has 0 saturated carbocycles. The Bertz CT molecular complexity index is 519. The first-order valence-electron chi connectivity index (χ1n) is 7.10. The topological polar surface area (TPSA) is 84.7 Å². The second kappa shape index (κ2) is 7.08. The first kappa shape index (κ1) is 15.3. The van der Waals surface area contributed by atoms with Crippen LogP contribution in [0, 0.1) is 0 Å². The number of piperazine rings is 1. The molecule has 2 rings (SSSR count). The number of nitrogens with one attached hydrogen (secondary N) is 1. The Balaban J connectivity index is 1.79. The monoisotopic (exact) mass is 291 g/mol. The summed E-state index contributed by atoms with van der Waals surface area (Å²) in [5, 5.41) is 3.30. The Morgan fingerprint density at radius 1 is 1.48 bits per heavy atom. The number of rotatable bonds is 5. The minimum absolute atomic E-state index is 0.0920. The van der Waals surface area contributed by atoms with Crippen LogP contribution < -0.4 is 15.8 Å². The van der Waals surface area contributed by atoms with Crippen molar-refractivity contribution in [2.24, 2.45) is 5.73 Å². The highest BCUT2D eigenvalue weighted by atomic mass is 16.5. The van der Waals surface area contributed by atoms with Crippen molar-refractivity contribution in [2.45, 2.75) is 19.4 Å². The van der Waals surface area contributed by atoms with E-state index in [0.717, 1.165) is 19.6 Å². The molecule has 21 heavy (non-hydrogen) atoms. The minimum atomic E-state index is -0.494. The van der Waals surface area contributed by atoms with Crippen molar-refractivity contribution in [1.82, 2.24) is 10.2 Å². The lowest BCUT2D eigenvalue weighted by Gasteiger charge is -2.31. The molecule has 0 radical (unpaired) electrons. The predicted octanol–water partition coefficient (Wildman–Crippen LogP) is 0.375. The van der Waals surface area contributed by atoms with Crippen LogP contribution in [0.25, 0.3) is 0 Å². The van der Waals surface area contributed by atoms with Crippen molar-refractivity contribution in [1.29, 1.82) is 0 Å². The van der Waals surface area contributed by atoms with Crippen molar-refractivity contribution >= 4 is 11.8 Å². The van der Waals surface area contributed by atoms with Gasteiger partial charge in [0.1, 0.15) is 5.75 Å². The maximum Gasteiger partial charge on any atom is 0.248 e. The molecular weight excluding hydrogens is 270 g/mol. The van der Waals surface area contributed by atoms with E-state index in [9.17, 15) is 9.59 Å². The molecule has 0 spiro atoms. The van der Waals surface area contributed by atoms with Crippen LogP contribution >= 0.6 is 0 Å². The summed E-state index contributed by atoms with van der Waals surface area (Å²) in [6.45, 7) is 4.65. The van der Waals surface area contributed by atoms with Crippen LogP contribution in [0.15, 0.2) is 24.3 Å². The van der Waals surface area contributed by atoms with Crippen molar-refractivity contribution in [2.75, 3.05) is 26.2 Å². The Morgan fingerprint density at radius 3 is 3.00 bits per heavy atom. The number of nitrogens with two attached hydrogens (primary N) is 1. The summed E-state index contributed by atoms with van der Waals surface area (Å²) in [4.78, 5) is 25.0. The van der Waals surface area contributed by atoms with Crippen LogP contribution in [0.3, 0.4) is 0 Å². The van der Waals surface area contributed by atoms with Crippen LogP contribution in [0.5, 0.6) is 5.75 Å². The summed E-state index contributed by atoms with van der Waals surface area (Å²) in [5.74, 6) is 0.147. The molecule has 0 aliphatic carbocycles. The molecule has 2 amide bonds. The van der Waals surface area contributed by atoms with Gasteiger partial charge in [0.2, 0.25) is 11.8 Å². The molecule has 1 aliphatic heterocycles. The number of benzene rings is 1. The molecule has 0 aromatic heterocycles. The first-order chi connectivity index (χ1) is 10.1. The quantitative estimate of drug-likeness (QED) is 0.821. The highest BCUT2D eigenvalue weighted by molar-refractivity contribution is 5.93. The molecule has 1 heterocycles. The third kappa shape index (κ3) is 4.46. The first-order valence-corrected chi connectivity index (χ1v) is 7.10. The van der Waals surface area contributed by atoms with Crippen LogP contribution in [0.1, 0.15) is 23.7 Å². The number of amides is 2. The summed E-state index contributed by atoms with van der Waals surface area (Å²) < 4.78 is 5.51. The molecule has 0 unspecified atom stereocenters. The predicted molar refractivity (Wildman–Crippen MR) is 79.1 cm³/mol. The SMILES string of the molecule is C[C@@H]1CN(C(=O)CCOc2cccc(C(N)=O)c2)CCN1. The zero-order valence-corrected chi connectivity index (χ0v) is 12.2. The van der Waals surface area contributed by atoms with Crippen LogP contribution in [0.2, 0.25) is 0 Å². The molecule has 1 aromatic carbocycles. The zero-order chi connectivity index (χ0) is 15.2. The molecule has 1 aliphatic rings. The Labute approximate surface area is 124 Å². The molecule has 1 saturated heterocycles. The lowest BCUT2D eigenvalue weighted by Crippen LogP contribution is -2.51. The maximum atomic E-state index is 12.1. The van der Waals surface area contributed by atoms with Crippen LogP contribution in [-0.4, -0.2) is 49.0 Å². The van der Waals surface area contributed by atoms with Gasteiger partial charge in [-0.25, -0.2) is 0 Å². The van der Waals surface area contributed by atoms with Gasteiger partial charge < -0.3 is 20.7 Å². The molecule has 0 bridgehead atoms. The van der Waals surface area contributed by atoms with Crippen molar-refractivity contribution in [3.8, 4) is 5.75 Å². The van der Waals surface area contributed by atoms with Crippen LogP contribution in [-0.2, 0) is 4.79 Å². The second-order valence-electron chi connectivity index (χ2n) is 5.19. The van der Waals surface area contributed by atoms with Gasteiger partial charge in [0.05, 0.1) is 13.0 Å². The van der Waals surface area contributed by atoms with Gasteiger partial charge in [-0.05, 0) is 25.1 Å². The fourth-order valence-electron chi connectivity index (χ4n) is 2.31. The normalized spacial score (nSPS) is 18.3. The number of carbonyl (C=O) groups is 2. The van der Waals surface area contributed by atoms with Crippen LogP contribution in [0.4, 0.5) is 0 Å². The van der Waals surface area contributed by atoms with Gasteiger partial charge >= 0.3 is 0 Å². The van der Waals surface area contributed by atoms with Gasteiger partial charge in [-0.1, -0.05) is 6.07 Å². The highest BCUT2D eigenvalue weighted by Crippen LogP contribution is 2.13. The van der Waals surface area contributed by atoms with E-state index in [1.54, 1.807) is 24.3 Å². The Morgan fingerprint density at radius 2 is 2.29 bits per heavy atom. The van der Waals surface area contributed by atoms with E-state index in [0.29, 0.717) is 30.4 Å². The average Bonchev–Trinajstić information content (AvgIpc) is 2.47. The Hall–Kier alpha value is -2.08. The lowest BCUT2D eigenvalue weighted by molar-refractivity contribution is -0.132. The second-order valence-corrected chi connectivity index (χ2v) is 5.19. The van der Waals surface area contributed by atoms with Gasteiger partial charge in [-0.2, -0.15) is 0 Å². The molecular formula is C15H21N3O3. The van der Waals surface area contributed by atoms with Crippen molar-refractivity contribution in [3.63, 3.8) is 0 Å². The number of hydrogen-bond donors (Lipinski definition) is 2. The molecule has 3 N–H and O–H groups in total. The molecule has 114 valence electrons. The number of hydrogen-bond acceptors (Lipinski definition) is 4. The average molecular weight is 291 g/mol. The lowest BCUT2D eigenvalue weighted by atomic mass is 10.2. The molecule has 6 nitrogen and oxygen atoms in total. The van der Waals surface area contributed by atoms with E-state index < -0.39 is 5.91 Å². The third-order valence-corrected chi connectivity index (χ3v) is 3.42. The van der Waals surface area contributed by atoms with Gasteiger partial charge in [-0.3, -0.25) is 9.59 Å². The number of nitrogens with zero attached hydrogens (tertiary/aromatic N) is 1. The minimum Gasteiger partial charge on any atom is -0.493 e. The van der Waals surface area contributed by atoms with E-state index in [1.807, 2.05) is 4.90 Å². The smallest absolute Gasteiger partial charge is 0.248 e. The highest BCUT2D eigenvalue weighted by Gasteiger charge is 2.20. The fourth-order valence-corrected chi connectivity index (χ4v) is 2.31. The number of ether oxygens (including phenoxy) is 1. The van der Waals surface area contributed by atoms with E-state index in [4.69, 9.17) is 10.5 Å². The van der Waals surface area contributed by atoms with E-state index in [1.165, 1.54) is 0 Å². The molecule has 6 heteroatoms. The summed E-state index contributed by atoms with van der Waals surface area (Å²) in [6.07, 6.45) is 0.327. The third-order valence-electron chi connectivity index (χ3n) is 3.42. The summed E-state index contributed by atoms with van der Waals surface area (Å²) in [6, 6.07) is 6.98. The molecule has 1 fully saturated rings. The summed E-state index contributed by atoms with van der Waals surface area (Å²) in [7, 11) is 0. The molecule has 1 aromatic rings.